The number of benzene rings is 1. The van der Waals surface area contributed by atoms with Crippen LogP contribution in [0.1, 0.15) is 29.8 Å². The van der Waals surface area contributed by atoms with Crippen LogP contribution in [-0.2, 0) is 10.9 Å². The molecule has 1 aromatic carbocycles. The van der Waals surface area contributed by atoms with Gasteiger partial charge in [0.25, 0.3) is 5.91 Å². The van der Waals surface area contributed by atoms with Crippen LogP contribution in [-0.4, -0.2) is 41.2 Å². The fourth-order valence-corrected chi connectivity index (χ4v) is 3.97. The summed E-state index contributed by atoms with van der Waals surface area (Å²) in [6.07, 6.45) is -3.94. The topological polar surface area (TPSA) is 87.3 Å². The maximum Gasteiger partial charge on any atom is 0.417 e. The molecule has 34 heavy (non-hydrogen) atoms. The van der Waals surface area contributed by atoms with Crippen molar-refractivity contribution in [1.82, 2.24) is 9.97 Å². The average molecular weight is 472 g/mol. The molecule has 0 radical (unpaired) electrons. The molecule has 1 aliphatic heterocycles. The van der Waals surface area contributed by atoms with Crippen LogP contribution in [0.15, 0.2) is 59.5 Å². The predicted molar refractivity (Wildman–Crippen MR) is 122 cm³/mol. The smallest absolute Gasteiger partial charge is 0.372 e. The van der Waals surface area contributed by atoms with Crippen molar-refractivity contribution in [3.05, 3.63) is 76.2 Å². The molecule has 3 aromatic rings. The van der Waals surface area contributed by atoms with Crippen molar-refractivity contribution in [2.24, 2.45) is 0 Å². The summed E-state index contributed by atoms with van der Waals surface area (Å²) in [6, 6.07) is 12.7. The van der Waals surface area contributed by atoms with Gasteiger partial charge in [-0.3, -0.25) is 9.59 Å². The molecule has 0 unspecified atom stereocenters. The fraction of sp³-hybridized carbons (Fsp3) is 0.292. The highest BCUT2D eigenvalue weighted by Gasteiger charge is 2.36. The third-order valence-corrected chi connectivity index (χ3v) is 5.37. The maximum absolute atomic E-state index is 13.3. The van der Waals surface area contributed by atoms with Gasteiger partial charge < -0.3 is 19.9 Å². The molecule has 0 saturated carbocycles. The summed E-state index contributed by atoms with van der Waals surface area (Å²) in [5.41, 5.74) is -1.28. The number of alkyl halides is 3. The number of H-pyrrole nitrogens is 1. The van der Waals surface area contributed by atoms with Gasteiger partial charge >= 0.3 is 6.18 Å². The highest BCUT2D eigenvalue weighted by Crippen LogP contribution is 2.31. The van der Waals surface area contributed by atoms with E-state index in [0.717, 1.165) is 12.0 Å². The van der Waals surface area contributed by atoms with E-state index in [4.69, 9.17) is 9.72 Å². The molecule has 0 aliphatic carbocycles. The standard InChI is InChI=1S/C24H23F3N4O3/c1-14-12-31(13-15(2)34-14)21-8-4-7-20(30-21)16-5-3-6-17(9-16)29-23(33)18-11-28-22(32)10-19(18)24(25,26)27/h3-11,14-15H,12-13H2,1-2H3,(H,28,32)(H,29,33)/t14-,15+. The minimum Gasteiger partial charge on any atom is -0.372 e. The molecule has 0 spiro atoms. The largest absolute Gasteiger partial charge is 0.417 e. The summed E-state index contributed by atoms with van der Waals surface area (Å²) in [4.78, 5) is 32.9. The summed E-state index contributed by atoms with van der Waals surface area (Å²) in [5, 5.41) is 2.47. The van der Waals surface area contributed by atoms with Gasteiger partial charge in [0.15, 0.2) is 0 Å². The molecule has 7 nitrogen and oxygen atoms in total. The Morgan fingerprint density at radius 1 is 1.12 bits per heavy atom. The number of aromatic amines is 1. The van der Waals surface area contributed by atoms with Crippen LogP contribution in [0, 0.1) is 0 Å². The highest BCUT2D eigenvalue weighted by atomic mass is 19.4. The second-order valence-corrected chi connectivity index (χ2v) is 8.20. The summed E-state index contributed by atoms with van der Waals surface area (Å²) in [7, 11) is 0. The van der Waals surface area contributed by atoms with E-state index in [9.17, 15) is 22.8 Å². The van der Waals surface area contributed by atoms with E-state index in [1.54, 1.807) is 24.3 Å². The number of rotatable bonds is 4. The number of morpholine rings is 1. The Morgan fingerprint density at radius 2 is 1.82 bits per heavy atom. The minimum atomic E-state index is -4.85. The number of carbonyl (C=O) groups excluding carboxylic acids is 1. The number of halogens is 3. The average Bonchev–Trinajstić information content (AvgIpc) is 2.78. The first kappa shape index (κ1) is 23.5. The molecule has 2 N–H and O–H groups in total. The Kier molecular flexibility index (Phi) is 6.43. The van der Waals surface area contributed by atoms with E-state index < -0.39 is 28.8 Å². The van der Waals surface area contributed by atoms with Crippen molar-refractivity contribution in [2.45, 2.75) is 32.2 Å². The zero-order valence-corrected chi connectivity index (χ0v) is 18.5. The van der Waals surface area contributed by atoms with Gasteiger partial charge in [-0.25, -0.2) is 4.98 Å². The number of amides is 1. The molecule has 4 rings (SSSR count). The molecule has 1 fully saturated rings. The third kappa shape index (κ3) is 5.28. The number of hydrogen-bond acceptors (Lipinski definition) is 5. The second-order valence-electron chi connectivity index (χ2n) is 8.20. The zero-order valence-electron chi connectivity index (χ0n) is 18.5. The molecule has 0 bridgehead atoms. The van der Waals surface area contributed by atoms with Gasteiger partial charge in [0, 0.05) is 36.6 Å². The SMILES string of the molecule is C[C@@H]1CN(c2cccc(-c3cccc(NC(=O)c4c[nH]c(=O)cc4C(F)(F)F)c3)n2)C[C@H](C)O1. The van der Waals surface area contributed by atoms with Gasteiger partial charge in [-0.05, 0) is 38.1 Å². The normalized spacial score (nSPS) is 18.6. The third-order valence-electron chi connectivity index (χ3n) is 5.37. The molecule has 10 heteroatoms. The summed E-state index contributed by atoms with van der Waals surface area (Å²) in [6.45, 7) is 5.42. The maximum atomic E-state index is 13.3. The molecule has 178 valence electrons. The molecule has 2 atom stereocenters. The quantitative estimate of drug-likeness (QED) is 0.591. The van der Waals surface area contributed by atoms with Gasteiger partial charge in [-0.15, -0.1) is 0 Å². The van der Waals surface area contributed by atoms with Crippen molar-refractivity contribution in [2.75, 3.05) is 23.3 Å². The lowest BCUT2D eigenvalue weighted by Crippen LogP contribution is -2.45. The van der Waals surface area contributed by atoms with Gasteiger partial charge in [0.2, 0.25) is 5.56 Å². The number of aromatic nitrogens is 2. The van der Waals surface area contributed by atoms with Crippen molar-refractivity contribution >= 4 is 17.4 Å². The van der Waals surface area contributed by atoms with Gasteiger partial charge in [0.05, 0.1) is 29.0 Å². The molecule has 2 aromatic heterocycles. The van der Waals surface area contributed by atoms with E-state index in [2.05, 4.69) is 15.2 Å². The lowest BCUT2D eigenvalue weighted by molar-refractivity contribution is -0.138. The second kappa shape index (κ2) is 9.30. The van der Waals surface area contributed by atoms with Gasteiger partial charge in [-0.2, -0.15) is 13.2 Å². The number of anilines is 2. The van der Waals surface area contributed by atoms with Crippen molar-refractivity contribution < 1.29 is 22.7 Å². The van der Waals surface area contributed by atoms with E-state index in [1.807, 2.05) is 32.0 Å². The van der Waals surface area contributed by atoms with Gasteiger partial charge in [0.1, 0.15) is 5.82 Å². The molecule has 1 amide bonds. The first-order valence-corrected chi connectivity index (χ1v) is 10.7. The predicted octanol–water partition coefficient (Wildman–Crippen LogP) is 4.32. The number of nitrogens with one attached hydrogen (secondary N) is 2. The molecular formula is C24H23F3N4O3. The van der Waals surface area contributed by atoms with Crippen LogP contribution in [0.25, 0.3) is 11.3 Å². The first-order valence-electron chi connectivity index (χ1n) is 10.7. The Balaban J connectivity index is 1.58. The fourth-order valence-electron chi connectivity index (χ4n) is 3.97. The number of carbonyl (C=O) groups is 1. The zero-order chi connectivity index (χ0) is 24.5. The number of hydrogen-bond donors (Lipinski definition) is 2. The van der Waals surface area contributed by atoms with E-state index in [0.29, 0.717) is 36.1 Å². The van der Waals surface area contributed by atoms with Crippen LogP contribution in [0.3, 0.4) is 0 Å². The first-order chi connectivity index (χ1) is 16.1. The van der Waals surface area contributed by atoms with Crippen LogP contribution in [0.4, 0.5) is 24.7 Å². The van der Waals surface area contributed by atoms with Crippen LogP contribution in [0.5, 0.6) is 0 Å². The number of ether oxygens (including phenoxy) is 1. The Hall–Kier alpha value is -3.66. The van der Waals surface area contributed by atoms with Crippen LogP contribution in [0.2, 0.25) is 0 Å². The number of pyridine rings is 2. The Labute approximate surface area is 193 Å². The molecule has 1 saturated heterocycles. The van der Waals surface area contributed by atoms with E-state index in [-0.39, 0.29) is 12.2 Å². The van der Waals surface area contributed by atoms with Crippen molar-refractivity contribution in [1.29, 1.82) is 0 Å². The lowest BCUT2D eigenvalue weighted by atomic mass is 10.1. The van der Waals surface area contributed by atoms with E-state index >= 15 is 0 Å². The lowest BCUT2D eigenvalue weighted by Gasteiger charge is -2.36. The summed E-state index contributed by atoms with van der Waals surface area (Å²) >= 11 is 0. The van der Waals surface area contributed by atoms with E-state index in [1.165, 1.54) is 0 Å². The van der Waals surface area contributed by atoms with Crippen molar-refractivity contribution in [3.63, 3.8) is 0 Å². The molecule has 3 heterocycles. The Bertz CT molecular complexity index is 1250. The van der Waals surface area contributed by atoms with Crippen LogP contribution >= 0.6 is 0 Å². The number of nitrogens with zero attached hydrogens (tertiary/aromatic N) is 2. The summed E-state index contributed by atoms with van der Waals surface area (Å²) < 4.78 is 45.7. The molecule has 1 aliphatic rings. The van der Waals surface area contributed by atoms with Crippen LogP contribution < -0.4 is 15.8 Å². The monoisotopic (exact) mass is 472 g/mol. The Morgan fingerprint density at radius 3 is 2.53 bits per heavy atom. The molecular weight excluding hydrogens is 449 g/mol. The van der Waals surface area contributed by atoms with Gasteiger partial charge in [-0.1, -0.05) is 18.2 Å². The minimum absolute atomic E-state index is 0.0715. The summed E-state index contributed by atoms with van der Waals surface area (Å²) in [5.74, 6) is -0.198. The highest BCUT2D eigenvalue weighted by molar-refractivity contribution is 6.05. The van der Waals surface area contributed by atoms with Crippen molar-refractivity contribution in [3.8, 4) is 11.3 Å².